The van der Waals surface area contributed by atoms with Crippen molar-refractivity contribution in [2.75, 3.05) is 6.61 Å². The van der Waals surface area contributed by atoms with Crippen molar-refractivity contribution < 1.29 is 9.53 Å². The van der Waals surface area contributed by atoms with Crippen LogP contribution in [0.25, 0.3) is 5.69 Å². The van der Waals surface area contributed by atoms with Gasteiger partial charge in [-0.2, -0.15) is 5.10 Å². The number of rotatable bonds is 6. The largest absolute Gasteiger partial charge is 0.484 e. The summed E-state index contributed by atoms with van der Waals surface area (Å²) in [5, 5.41) is 5.03. The number of hydrogen-bond acceptors (Lipinski definition) is 3. The number of hydrazone groups is 1. The standard InChI is InChI=1S/C21H19Cl2N3O2/c1-14-10-16(15(2)26(14)17-8-9-19(22)20(23)11-17)12-24-25-21(27)13-28-18-6-4-3-5-7-18/h3-12H,13H2,1-2H3,(H,25,27)/b24-12-. The van der Waals surface area contributed by atoms with Gasteiger partial charge in [0.2, 0.25) is 0 Å². The van der Waals surface area contributed by atoms with Crippen LogP contribution < -0.4 is 10.2 Å². The Labute approximate surface area is 173 Å². The van der Waals surface area contributed by atoms with Crippen LogP contribution in [0.15, 0.2) is 59.7 Å². The van der Waals surface area contributed by atoms with Gasteiger partial charge in [0.1, 0.15) is 5.75 Å². The summed E-state index contributed by atoms with van der Waals surface area (Å²) < 4.78 is 7.43. The van der Waals surface area contributed by atoms with Crippen LogP contribution in [-0.4, -0.2) is 23.3 Å². The Bertz CT molecular complexity index is 1010. The maximum absolute atomic E-state index is 11.9. The molecule has 1 heterocycles. The summed E-state index contributed by atoms with van der Waals surface area (Å²) in [7, 11) is 0. The number of aromatic nitrogens is 1. The summed E-state index contributed by atoms with van der Waals surface area (Å²) in [4.78, 5) is 11.9. The number of hydrogen-bond donors (Lipinski definition) is 1. The number of carbonyl (C=O) groups is 1. The Morgan fingerprint density at radius 1 is 1.11 bits per heavy atom. The Morgan fingerprint density at radius 2 is 1.86 bits per heavy atom. The molecule has 0 aliphatic carbocycles. The fourth-order valence-corrected chi connectivity index (χ4v) is 3.10. The average Bonchev–Trinajstić information content (AvgIpc) is 2.97. The SMILES string of the molecule is Cc1cc(/C=N\NC(=O)COc2ccccc2)c(C)n1-c1ccc(Cl)c(Cl)c1. The van der Waals surface area contributed by atoms with Crippen LogP contribution in [0, 0.1) is 13.8 Å². The monoisotopic (exact) mass is 415 g/mol. The number of para-hydroxylation sites is 1. The summed E-state index contributed by atoms with van der Waals surface area (Å²) in [6.07, 6.45) is 1.61. The third-order valence-electron chi connectivity index (χ3n) is 4.14. The summed E-state index contributed by atoms with van der Waals surface area (Å²) in [6.45, 7) is 3.85. The second-order valence-corrected chi connectivity index (χ2v) is 6.97. The lowest BCUT2D eigenvalue weighted by Gasteiger charge is -2.10. The Kier molecular flexibility index (Phi) is 6.39. The summed E-state index contributed by atoms with van der Waals surface area (Å²) in [6, 6.07) is 16.6. The van der Waals surface area contributed by atoms with Crippen molar-refractivity contribution in [3.8, 4) is 11.4 Å². The van der Waals surface area contributed by atoms with E-state index in [9.17, 15) is 4.79 Å². The van der Waals surface area contributed by atoms with E-state index in [1.807, 2.05) is 54.8 Å². The molecule has 0 bridgehead atoms. The molecule has 7 heteroatoms. The zero-order valence-electron chi connectivity index (χ0n) is 15.4. The highest BCUT2D eigenvalue weighted by Crippen LogP contribution is 2.27. The van der Waals surface area contributed by atoms with Gasteiger partial charge in [0.05, 0.1) is 16.3 Å². The van der Waals surface area contributed by atoms with E-state index in [0.717, 1.165) is 22.6 Å². The van der Waals surface area contributed by atoms with Crippen LogP contribution in [0.4, 0.5) is 0 Å². The number of benzene rings is 2. The maximum Gasteiger partial charge on any atom is 0.277 e. The molecule has 3 rings (SSSR count). The predicted octanol–water partition coefficient (Wildman–Crippen LogP) is 4.93. The van der Waals surface area contributed by atoms with Gasteiger partial charge in [0.25, 0.3) is 5.91 Å². The first kappa shape index (κ1) is 20.0. The van der Waals surface area contributed by atoms with Crippen LogP contribution in [0.1, 0.15) is 17.0 Å². The molecule has 0 fully saturated rings. The lowest BCUT2D eigenvalue weighted by Crippen LogP contribution is -2.24. The minimum atomic E-state index is -0.335. The zero-order chi connectivity index (χ0) is 20.1. The van der Waals surface area contributed by atoms with Gasteiger partial charge >= 0.3 is 0 Å². The van der Waals surface area contributed by atoms with E-state index in [0.29, 0.717) is 15.8 Å². The molecule has 5 nitrogen and oxygen atoms in total. The molecular weight excluding hydrogens is 397 g/mol. The van der Waals surface area contributed by atoms with Crippen molar-refractivity contribution in [2.45, 2.75) is 13.8 Å². The van der Waals surface area contributed by atoms with Gasteiger partial charge in [-0.3, -0.25) is 4.79 Å². The minimum Gasteiger partial charge on any atom is -0.484 e. The Morgan fingerprint density at radius 3 is 2.57 bits per heavy atom. The van der Waals surface area contributed by atoms with Gasteiger partial charge < -0.3 is 9.30 Å². The van der Waals surface area contributed by atoms with Gasteiger partial charge in [-0.1, -0.05) is 41.4 Å². The zero-order valence-corrected chi connectivity index (χ0v) is 17.0. The third-order valence-corrected chi connectivity index (χ3v) is 4.88. The summed E-state index contributed by atoms with van der Waals surface area (Å²) in [5.74, 6) is 0.296. The fraction of sp³-hybridized carbons (Fsp3) is 0.143. The van der Waals surface area contributed by atoms with E-state index in [4.69, 9.17) is 27.9 Å². The molecule has 0 aliphatic heterocycles. The molecule has 28 heavy (non-hydrogen) atoms. The molecule has 0 saturated carbocycles. The number of carbonyl (C=O) groups excluding carboxylic acids is 1. The van der Waals surface area contributed by atoms with Crippen molar-refractivity contribution in [1.82, 2.24) is 9.99 Å². The van der Waals surface area contributed by atoms with Crippen LogP contribution in [0.3, 0.4) is 0 Å². The quantitative estimate of drug-likeness (QED) is 0.458. The first-order valence-electron chi connectivity index (χ1n) is 8.60. The second kappa shape index (κ2) is 8.95. The summed E-state index contributed by atoms with van der Waals surface area (Å²) in [5.41, 5.74) is 6.24. The fourth-order valence-electron chi connectivity index (χ4n) is 2.81. The van der Waals surface area contributed by atoms with E-state index in [1.54, 1.807) is 24.4 Å². The molecule has 0 saturated heterocycles. The van der Waals surface area contributed by atoms with E-state index in [-0.39, 0.29) is 12.5 Å². The molecule has 0 atom stereocenters. The van der Waals surface area contributed by atoms with Crippen LogP contribution in [-0.2, 0) is 4.79 Å². The molecule has 1 aromatic heterocycles. The molecule has 1 N–H and O–H groups in total. The molecule has 1 amide bonds. The van der Waals surface area contributed by atoms with Crippen molar-refractivity contribution in [3.05, 3.63) is 81.6 Å². The van der Waals surface area contributed by atoms with E-state index in [1.165, 1.54) is 0 Å². The molecule has 0 aliphatic rings. The number of aryl methyl sites for hydroxylation is 1. The number of amides is 1. The first-order chi connectivity index (χ1) is 13.5. The van der Waals surface area contributed by atoms with Crippen molar-refractivity contribution in [1.29, 1.82) is 0 Å². The Hall–Kier alpha value is -2.76. The lowest BCUT2D eigenvalue weighted by atomic mass is 10.2. The molecule has 3 aromatic rings. The number of ether oxygens (including phenoxy) is 1. The number of halogens is 2. The first-order valence-corrected chi connectivity index (χ1v) is 9.35. The van der Waals surface area contributed by atoms with Crippen LogP contribution >= 0.6 is 23.2 Å². The molecular formula is C21H19Cl2N3O2. The van der Waals surface area contributed by atoms with E-state index >= 15 is 0 Å². The topological polar surface area (TPSA) is 55.6 Å². The Balaban J connectivity index is 1.66. The van der Waals surface area contributed by atoms with Crippen molar-refractivity contribution in [3.63, 3.8) is 0 Å². The molecule has 0 unspecified atom stereocenters. The van der Waals surface area contributed by atoms with Gasteiger partial charge in [-0.15, -0.1) is 0 Å². The number of nitrogens with zero attached hydrogens (tertiary/aromatic N) is 2. The lowest BCUT2D eigenvalue weighted by molar-refractivity contribution is -0.123. The predicted molar refractivity (Wildman–Crippen MR) is 113 cm³/mol. The normalized spacial score (nSPS) is 11.0. The van der Waals surface area contributed by atoms with Gasteiger partial charge in [-0.05, 0) is 50.2 Å². The highest BCUT2D eigenvalue weighted by atomic mass is 35.5. The molecule has 0 spiro atoms. The third kappa shape index (κ3) is 4.74. The molecule has 144 valence electrons. The smallest absolute Gasteiger partial charge is 0.277 e. The van der Waals surface area contributed by atoms with Gasteiger partial charge in [0, 0.05) is 22.6 Å². The average molecular weight is 416 g/mol. The van der Waals surface area contributed by atoms with Crippen LogP contribution in [0.2, 0.25) is 10.0 Å². The highest BCUT2D eigenvalue weighted by molar-refractivity contribution is 6.42. The van der Waals surface area contributed by atoms with Gasteiger partial charge in [-0.25, -0.2) is 5.43 Å². The number of nitrogens with one attached hydrogen (secondary N) is 1. The van der Waals surface area contributed by atoms with E-state index < -0.39 is 0 Å². The minimum absolute atomic E-state index is 0.107. The second-order valence-electron chi connectivity index (χ2n) is 6.16. The van der Waals surface area contributed by atoms with Gasteiger partial charge in [0.15, 0.2) is 6.61 Å². The van der Waals surface area contributed by atoms with E-state index in [2.05, 4.69) is 10.5 Å². The highest BCUT2D eigenvalue weighted by Gasteiger charge is 2.11. The van der Waals surface area contributed by atoms with Crippen LogP contribution in [0.5, 0.6) is 5.75 Å². The summed E-state index contributed by atoms with van der Waals surface area (Å²) >= 11 is 12.1. The maximum atomic E-state index is 11.9. The molecule has 0 radical (unpaired) electrons. The van der Waals surface area contributed by atoms with Crippen molar-refractivity contribution in [2.24, 2.45) is 5.10 Å². The molecule has 2 aromatic carbocycles. The van der Waals surface area contributed by atoms with Crippen molar-refractivity contribution >= 4 is 35.3 Å².